The Bertz CT molecular complexity index is 552. The molecule has 0 spiro atoms. The van der Waals surface area contributed by atoms with Crippen LogP contribution in [0.5, 0.6) is 5.75 Å². The minimum Gasteiger partial charge on any atom is -0.489 e. The van der Waals surface area contributed by atoms with Crippen molar-refractivity contribution < 1.29 is 14.2 Å². The van der Waals surface area contributed by atoms with E-state index in [1.54, 1.807) is 13.0 Å². The highest BCUT2D eigenvalue weighted by molar-refractivity contribution is 5.34. The molecule has 0 aliphatic carbocycles. The maximum atomic E-state index is 13.4. The lowest BCUT2D eigenvalue weighted by atomic mass is 10.1. The minimum atomic E-state index is -0.306. The number of aliphatic hydroxyl groups excluding tert-OH is 1. The second-order valence-corrected chi connectivity index (χ2v) is 5.27. The van der Waals surface area contributed by atoms with Gasteiger partial charge >= 0.3 is 0 Å². The van der Waals surface area contributed by atoms with Gasteiger partial charge in [0.25, 0.3) is 0 Å². The molecule has 1 N–H and O–H groups in total. The topological polar surface area (TPSA) is 29.5 Å². The van der Waals surface area contributed by atoms with E-state index in [-0.39, 0.29) is 11.9 Å². The molecule has 112 valence electrons. The van der Waals surface area contributed by atoms with E-state index < -0.39 is 0 Å². The van der Waals surface area contributed by atoms with Crippen LogP contribution in [0.1, 0.15) is 30.9 Å². The van der Waals surface area contributed by atoms with Crippen LogP contribution >= 0.6 is 0 Å². The van der Waals surface area contributed by atoms with E-state index in [0.29, 0.717) is 12.4 Å². The maximum absolute atomic E-state index is 13.4. The molecule has 0 aromatic heterocycles. The zero-order chi connectivity index (χ0) is 15.1. The van der Waals surface area contributed by atoms with E-state index in [0.717, 1.165) is 30.4 Å². The normalized spacial score (nSPS) is 12.1. The summed E-state index contributed by atoms with van der Waals surface area (Å²) in [5, 5.41) is 9.30. The summed E-state index contributed by atoms with van der Waals surface area (Å²) in [5.41, 5.74) is 2.03. The molecule has 2 aromatic carbocycles. The minimum absolute atomic E-state index is 0.294. The van der Waals surface area contributed by atoms with Gasteiger partial charge in [-0.05, 0) is 43.4 Å². The molecule has 2 rings (SSSR count). The van der Waals surface area contributed by atoms with Crippen LogP contribution in [-0.4, -0.2) is 11.2 Å². The zero-order valence-corrected chi connectivity index (χ0v) is 12.3. The average molecular weight is 288 g/mol. The zero-order valence-electron chi connectivity index (χ0n) is 12.3. The van der Waals surface area contributed by atoms with E-state index in [1.807, 2.05) is 30.3 Å². The molecule has 0 saturated heterocycles. The molecule has 0 unspecified atom stereocenters. The van der Waals surface area contributed by atoms with Crippen LogP contribution in [0.25, 0.3) is 0 Å². The molecule has 0 heterocycles. The summed E-state index contributed by atoms with van der Waals surface area (Å²) in [6.07, 6.45) is 2.05. The Morgan fingerprint density at radius 3 is 2.62 bits per heavy atom. The van der Waals surface area contributed by atoms with Gasteiger partial charge in [0.15, 0.2) is 0 Å². The van der Waals surface area contributed by atoms with Gasteiger partial charge in [0.05, 0.1) is 6.10 Å². The van der Waals surface area contributed by atoms with Crippen LogP contribution in [0, 0.1) is 5.82 Å². The van der Waals surface area contributed by atoms with E-state index in [9.17, 15) is 9.50 Å². The molecule has 0 bridgehead atoms. The highest BCUT2D eigenvalue weighted by Gasteiger charge is 2.07. The van der Waals surface area contributed by atoms with Crippen LogP contribution in [0.4, 0.5) is 4.39 Å². The number of hydrogen-bond acceptors (Lipinski definition) is 2. The molecule has 0 aliphatic heterocycles. The second-order valence-electron chi connectivity index (χ2n) is 5.27. The van der Waals surface area contributed by atoms with Crippen LogP contribution in [-0.2, 0) is 13.0 Å². The van der Waals surface area contributed by atoms with Gasteiger partial charge in [-0.25, -0.2) is 4.39 Å². The van der Waals surface area contributed by atoms with Gasteiger partial charge in [-0.15, -0.1) is 0 Å². The van der Waals surface area contributed by atoms with Crippen molar-refractivity contribution in [2.45, 2.75) is 38.9 Å². The van der Waals surface area contributed by atoms with Crippen molar-refractivity contribution >= 4 is 0 Å². The van der Waals surface area contributed by atoms with E-state index in [4.69, 9.17) is 4.74 Å². The third kappa shape index (κ3) is 5.20. The highest BCUT2D eigenvalue weighted by atomic mass is 19.1. The fourth-order valence-electron chi connectivity index (χ4n) is 2.19. The van der Waals surface area contributed by atoms with Gasteiger partial charge < -0.3 is 9.84 Å². The molecule has 1 atom stereocenters. The standard InChI is InChI=1S/C18H21FO2/c1-14(20)6-5-9-16-10-11-17(19)12-18(16)21-13-15-7-3-2-4-8-15/h2-4,7-8,10-12,14,20H,5-6,9,13H2,1H3/t14-/m0/s1. The lowest BCUT2D eigenvalue weighted by molar-refractivity contribution is 0.181. The van der Waals surface area contributed by atoms with Gasteiger partial charge in [0.2, 0.25) is 0 Å². The van der Waals surface area contributed by atoms with Crippen molar-refractivity contribution in [3.63, 3.8) is 0 Å². The Morgan fingerprint density at radius 2 is 1.90 bits per heavy atom. The quantitative estimate of drug-likeness (QED) is 0.831. The van der Waals surface area contributed by atoms with Crippen molar-refractivity contribution in [3.05, 3.63) is 65.5 Å². The number of aliphatic hydroxyl groups is 1. The summed E-state index contributed by atoms with van der Waals surface area (Å²) in [7, 11) is 0. The first kappa shape index (κ1) is 15.5. The van der Waals surface area contributed by atoms with E-state index in [2.05, 4.69) is 0 Å². The summed E-state index contributed by atoms with van der Waals surface area (Å²) in [6, 6.07) is 14.5. The third-order valence-electron chi connectivity index (χ3n) is 3.33. The van der Waals surface area contributed by atoms with Crippen LogP contribution in [0.3, 0.4) is 0 Å². The molecular formula is C18H21FO2. The molecule has 0 aliphatic rings. The maximum Gasteiger partial charge on any atom is 0.126 e. The fourth-order valence-corrected chi connectivity index (χ4v) is 2.19. The molecule has 21 heavy (non-hydrogen) atoms. The van der Waals surface area contributed by atoms with Gasteiger partial charge in [-0.3, -0.25) is 0 Å². The molecule has 2 aromatic rings. The first-order valence-corrected chi connectivity index (χ1v) is 7.28. The molecule has 2 nitrogen and oxygen atoms in total. The third-order valence-corrected chi connectivity index (χ3v) is 3.33. The van der Waals surface area contributed by atoms with Gasteiger partial charge in [0.1, 0.15) is 18.2 Å². The SMILES string of the molecule is C[C@H](O)CCCc1ccc(F)cc1OCc1ccccc1. The Morgan fingerprint density at radius 1 is 1.14 bits per heavy atom. The highest BCUT2D eigenvalue weighted by Crippen LogP contribution is 2.23. The van der Waals surface area contributed by atoms with Crippen molar-refractivity contribution in [2.75, 3.05) is 0 Å². The molecule has 3 heteroatoms. The predicted molar refractivity (Wildman–Crippen MR) is 81.8 cm³/mol. The molecular weight excluding hydrogens is 267 g/mol. The monoisotopic (exact) mass is 288 g/mol. The summed E-state index contributed by atoms with van der Waals surface area (Å²) < 4.78 is 19.2. The first-order chi connectivity index (χ1) is 10.1. The van der Waals surface area contributed by atoms with Gasteiger partial charge in [-0.2, -0.15) is 0 Å². The predicted octanol–water partition coefficient (Wildman–Crippen LogP) is 4.11. The lowest BCUT2D eigenvalue weighted by Crippen LogP contribution is -2.02. The Labute approximate surface area is 125 Å². The summed E-state index contributed by atoms with van der Waals surface area (Å²) in [5.74, 6) is 0.293. The van der Waals surface area contributed by atoms with Crippen molar-refractivity contribution in [3.8, 4) is 5.75 Å². The summed E-state index contributed by atoms with van der Waals surface area (Å²) in [6.45, 7) is 2.20. The van der Waals surface area contributed by atoms with E-state index >= 15 is 0 Å². The van der Waals surface area contributed by atoms with Crippen LogP contribution < -0.4 is 4.74 Å². The molecule has 0 amide bonds. The van der Waals surface area contributed by atoms with Crippen LogP contribution in [0.15, 0.2) is 48.5 Å². The molecule has 0 saturated carbocycles. The number of halogens is 1. The number of hydrogen-bond donors (Lipinski definition) is 1. The number of aryl methyl sites for hydroxylation is 1. The smallest absolute Gasteiger partial charge is 0.126 e. The summed E-state index contributed by atoms with van der Waals surface area (Å²) in [4.78, 5) is 0. The number of ether oxygens (including phenoxy) is 1. The number of benzene rings is 2. The van der Waals surface area contributed by atoms with Crippen molar-refractivity contribution in [1.82, 2.24) is 0 Å². The number of rotatable bonds is 7. The Hall–Kier alpha value is -1.87. The lowest BCUT2D eigenvalue weighted by Gasteiger charge is -2.12. The van der Waals surface area contributed by atoms with Crippen LogP contribution in [0.2, 0.25) is 0 Å². The van der Waals surface area contributed by atoms with Gasteiger partial charge in [0, 0.05) is 6.07 Å². The fraction of sp³-hybridized carbons (Fsp3) is 0.333. The second kappa shape index (κ2) is 7.79. The Balaban J connectivity index is 2.01. The first-order valence-electron chi connectivity index (χ1n) is 7.28. The van der Waals surface area contributed by atoms with Gasteiger partial charge in [-0.1, -0.05) is 36.4 Å². The van der Waals surface area contributed by atoms with Crippen molar-refractivity contribution in [1.29, 1.82) is 0 Å². The summed E-state index contributed by atoms with van der Waals surface area (Å²) >= 11 is 0. The average Bonchev–Trinajstić information content (AvgIpc) is 2.48. The Kier molecular flexibility index (Phi) is 5.76. The largest absolute Gasteiger partial charge is 0.489 e. The molecule has 0 fully saturated rings. The van der Waals surface area contributed by atoms with E-state index in [1.165, 1.54) is 12.1 Å². The van der Waals surface area contributed by atoms with Crippen molar-refractivity contribution in [2.24, 2.45) is 0 Å². The molecule has 0 radical (unpaired) electrons.